The van der Waals surface area contributed by atoms with E-state index in [1.54, 1.807) is 6.07 Å². The third-order valence-electron chi connectivity index (χ3n) is 4.98. The largest absolute Gasteiger partial charge is 0.338 e. The minimum atomic E-state index is -0.847. The van der Waals surface area contributed by atoms with E-state index in [0.29, 0.717) is 12.1 Å². The molecule has 1 unspecified atom stereocenters. The van der Waals surface area contributed by atoms with Crippen molar-refractivity contribution in [3.63, 3.8) is 0 Å². The fourth-order valence-corrected chi connectivity index (χ4v) is 3.68. The van der Waals surface area contributed by atoms with E-state index < -0.39 is 11.6 Å². The Morgan fingerprint density at radius 2 is 2.22 bits per heavy atom. The summed E-state index contributed by atoms with van der Waals surface area (Å²) in [6, 6.07) is 4.02. The second kappa shape index (κ2) is 6.83. The molecular weight excluding hydrogens is 300 g/mol. The van der Waals surface area contributed by atoms with Gasteiger partial charge in [0, 0.05) is 31.6 Å². The van der Waals surface area contributed by atoms with E-state index in [9.17, 15) is 13.6 Å². The molecule has 2 saturated heterocycles. The van der Waals surface area contributed by atoms with Crippen LogP contribution in [-0.2, 0) is 6.42 Å². The van der Waals surface area contributed by atoms with Gasteiger partial charge in [0.2, 0.25) is 0 Å². The van der Waals surface area contributed by atoms with Crippen LogP contribution in [-0.4, -0.2) is 43.7 Å². The lowest BCUT2D eigenvalue weighted by Gasteiger charge is -2.39. The zero-order chi connectivity index (χ0) is 16.3. The fourth-order valence-electron chi connectivity index (χ4n) is 3.68. The highest BCUT2D eigenvalue weighted by molar-refractivity contribution is 5.74. The highest BCUT2D eigenvalue weighted by Crippen LogP contribution is 2.35. The smallest absolute Gasteiger partial charge is 0.317 e. The molecule has 0 saturated carbocycles. The van der Waals surface area contributed by atoms with Crippen LogP contribution in [0.15, 0.2) is 18.2 Å². The number of amides is 2. The number of likely N-dealkylation sites (tertiary alicyclic amines) is 1. The van der Waals surface area contributed by atoms with Crippen molar-refractivity contribution < 1.29 is 13.6 Å². The monoisotopic (exact) mass is 323 g/mol. The number of hydrogen-bond acceptors (Lipinski definition) is 2. The third kappa shape index (κ3) is 3.63. The topological polar surface area (TPSA) is 44.4 Å². The molecule has 2 heterocycles. The summed E-state index contributed by atoms with van der Waals surface area (Å²) in [6.07, 6.45) is 3.59. The van der Waals surface area contributed by atoms with Gasteiger partial charge in [0.25, 0.3) is 0 Å². The number of rotatable bonds is 3. The zero-order valence-electron chi connectivity index (χ0n) is 13.2. The Bertz CT molecular complexity index is 573. The first kappa shape index (κ1) is 16.2. The molecular formula is C17H23F2N3O. The number of carbonyl (C=O) groups excluding carboxylic acids is 1. The molecule has 0 aromatic heterocycles. The summed E-state index contributed by atoms with van der Waals surface area (Å²) >= 11 is 0. The van der Waals surface area contributed by atoms with Gasteiger partial charge in [-0.05, 0) is 43.9 Å². The van der Waals surface area contributed by atoms with Crippen LogP contribution in [0.5, 0.6) is 0 Å². The van der Waals surface area contributed by atoms with Crippen molar-refractivity contribution in [2.24, 2.45) is 5.41 Å². The van der Waals surface area contributed by atoms with E-state index in [2.05, 4.69) is 10.6 Å². The summed E-state index contributed by atoms with van der Waals surface area (Å²) in [5, 5.41) is 6.21. The van der Waals surface area contributed by atoms with Crippen molar-refractivity contribution in [2.45, 2.75) is 25.7 Å². The number of urea groups is 1. The van der Waals surface area contributed by atoms with Crippen molar-refractivity contribution in [3.8, 4) is 0 Å². The molecule has 2 fully saturated rings. The lowest BCUT2D eigenvalue weighted by Crippen LogP contribution is -2.50. The van der Waals surface area contributed by atoms with Gasteiger partial charge in [-0.15, -0.1) is 0 Å². The van der Waals surface area contributed by atoms with E-state index in [4.69, 9.17) is 0 Å². The van der Waals surface area contributed by atoms with Gasteiger partial charge in [-0.25, -0.2) is 13.6 Å². The molecule has 23 heavy (non-hydrogen) atoms. The van der Waals surface area contributed by atoms with Crippen LogP contribution in [0.4, 0.5) is 13.6 Å². The number of nitrogens with zero attached hydrogens (tertiary/aromatic N) is 1. The Balaban J connectivity index is 1.50. The molecule has 2 amide bonds. The third-order valence-corrected chi connectivity index (χ3v) is 4.98. The minimum Gasteiger partial charge on any atom is -0.338 e. The highest BCUT2D eigenvalue weighted by Gasteiger charge is 2.39. The summed E-state index contributed by atoms with van der Waals surface area (Å²) in [6.45, 7) is 3.85. The summed E-state index contributed by atoms with van der Waals surface area (Å²) in [5.74, 6) is -1.67. The predicted molar refractivity (Wildman–Crippen MR) is 84.2 cm³/mol. The van der Waals surface area contributed by atoms with Gasteiger partial charge in [-0.2, -0.15) is 0 Å². The van der Waals surface area contributed by atoms with Crippen LogP contribution in [0, 0.1) is 17.0 Å². The van der Waals surface area contributed by atoms with Crippen molar-refractivity contribution in [1.29, 1.82) is 0 Å². The van der Waals surface area contributed by atoms with Crippen molar-refractivity contribution in [2.75, 3.05) is 32.7 Å². The van der Waals surface area contributed by atoms with Gasteiger partial charge in [0.15, 0.2) is 11.6 Å². The van der Waals surface area contributed by atoms with Gasteiger partial charge in [-0.3, -0.25) is 0 Å². The SMILES string of the molecule is O=C(NCCc1cccc(F)c1F)N1CCCC2(CCNC2)C1. The van der Waals surface area contributed by atoms with Gasteiger partial charge in [0.1, 0.15) is 0 Å². The highest BCUT2D eigenvalue weighted by atomic mass is 19.2. The van der Waals surface area contributed by atoms with E-state index >= 15 is 0 Å². The molecule has 4 nitrogen and oxygen atoms in total. The summed E-state index contributed by atoms with van der Waals surface area (Å²) < 4.78 is 26.7. The Morgan fingerprint density at radius 1 is 1.35 bits per heavy atom. The quantitative estimate of drug-likeness (QED) is 0.896. The lowest BCUT2D eigenvalue weighted by molar-refractivity contribution is 0.118. The fraction of sp³-hybridized carbons (Fsp3) is 0.588. The Labute approximate surface area is 135 Å². The van der Waals surface area contributed by atoms with E-state index in [0.717, 1.165) is 51.5 Å². The van der Waals surface area contributed by atoms with E-state index in [1.165, 1.54) is 6.07 Å². The molecule has 2 aliphatic rings. The van der Waals surface area contributed by atoms with E-state index in [1.807, 2.05) is 4.90 Å². The number of piperidine rings is 1. The summed E-state index contributed by atoms with van der Waals surface area (Å²) in [5.41, 5.74) is 0.518. The molecule has 3 rings (SSSR count). The first-order chi connectivity index (χ1) is 11.1. The number of hydrogen-bond donors (Lipinski definition) is 2. The van der Waals surface area contributed by atoms with Crippen molar-refractivity contribution >= 4 is 6.03 Å². The number of benzene rings is 1. The van der Waals surface area contributed by atoms with Crippen LogP contribution in [0.2, 0.25) is 0 Å². The van der Waals surface area contributed by atoms with Crippen LogP contribution in [0.1, 0.15) is 24.8 Å². The average Bonchev–Trinajstić information content (AvgIpc) is 2.99. The Morgan fingerprint density at radius 3 is 3.00 bits per heavy atom. The maximum atomic E-state index is 13.6. The average molecular weight is 323 g/mol. The molecule has 2 N–H and O–H groups in total. The molecule has 1 spiro atoms. The summed E-state index contributed by atoms with van der Waals surface area (Å²) in [7, 11) is 0. The first-order valence-electron chi connectivity index (χ1n) is 8.26. The van der Waals surface area contributed by atoms with Crippen LogP contribution in [0.3, 0.4) is 0 Å². The molecule has 1 aromatic rings. The maximum Gasteiger partial charge on any atom is 0.317 e. The molecule has 2 aliphatic heterocycles. The number of halogens is 2. The van der Waals surface area contributed by atoms with Crippen molar-refractivity contribution in [3.05, 3.63) is 35.4 Å². The predicted octanol–water partition coefficient (Wildman–Crippen LogP) is 2.29. The van der Waals surface area contributed by atoms with Crippen LogP contribution >= 0.6 is 0 Å². The number of carbonyl (C=O) groups is 1. The normalized spacial score (nSPS) is 24.2. The van der Waals surface area contributed by atoms with Gasteiger partial charge in [0.05, 0.1) is 0 Å². The Kier molecular flexibility index (Phi) is 4.80. The molecule has 1 aromatic carbocycles. The van der Waals surface area contributed by atoms with E-state index in [-0.39, 0.29) is 17.9 Å². The molecule has 0 radical (unpaired) electrons. The molecule has 1 atom stereocenters. The Hall–Kier alpha value is -1.69. The standard InChI is InChI=1S/C17H23F2N3O/c18-14-4-1-3-13(15(14)19)5-8-21-16(23)22-10-2-6-17(12-22)7-9-20-11-17/h1,3-4,20H,2,5-12H2,(H,21,23). The summed E-state index contributed by atoms with van der Waals surface area (Å²) in [4.78, 5) is 14.2. The zero-order valence-corrected chi connectivity index (χ0v) is 13.2. The molecule has 6 heteroatoms. The van der Waals surface area contributed by atoms with Gasteiger partial charge < -0.3 is 15.5 Å². The maximum absolute atomic E-state index is 13.6. The molecule has 0 aliphatic carbocycles. The number of nitrogens with one attached hydrogen (secondary N) is 2. The van der Waals surface area contributed by atoms with Gasteiger partial charge >= 0.3 is 6.03 Å². The first-order valence-corrected chi connectivity index (χ1v) is 8.26. The van der Waals surface area contributed by atoms with Crippen LogP contribution in [0.25, 0.3) is 0 Å². The lowest BCUT2D eigenvalue weighted by atomic mass is 9.79. The minimum absolute atomic E-state index is 0.104. The second-order valence-corrected chi connectivity index (χ2v) is 6.65. The van der Waals surface area contributed by atoms with Crippen LogP contribution < -0.4 is 10.6 Å². The molecule has 126 valence electrons. The van der Waals surface area contributed by atoms with Gasteiger partial charge in [-0.1, -0.05) is 12.1 Å². The molecule has 0 bridgehead atoms. The second-order valence-electron chi connectivity index (χ2n) is 6.65. The van der Waals surface area contributed by atoms with Crippen molar-refractivity contribution in [1.82, 2.24) is 15.5 Å².